The normalized spacial score (nSPS) is 21.2. The van der Waals surface area contributed by atoms with Crippen LogP contribution in [0.3, 0.4) is 0 Å². The fourth-order valence-corrected chi connectivity index (χ4v) is 2.43. The first-order valence-electron chi connectivity index (χ1n) is 6.87. The molecule has 2 N–H and O–H groups in total. The highest BCUT2D eigenvalue weighted by Gasteiger charge is 2.47. The third-order valence-electron chi connectivity index (χ3n) is 3.80. The van der Waals surface area contributed by atoms with Crippen molar-refractivity contribution in [2.24, 2.45) is 11.8 Å². The molecule has 1 aliphatic rings. The molecule has 0 radical (unpaired) electrons. The highest BCUT2D eigenvalue weighted by atomic mass is 16.4. The summed E-state index contributed by atoms with van der Waals surface area (Å²) in [6.07, 6.45) is 5.56. The number of carboxylic acid groups (broad SMARTS) is 1. The van der Waals surface area contributed by atoms with Crippen LogP contribution in [0.5, 0.6) is 0 Å². The Labute approximate surface area is 105 Å². The molecule has 1 rings (SSSR count). The molecule has 100 valence electrons. The summed E-state index contributed by atoms with van der Waals surface area (Å²) in [5.74, 6) is 0.361. The van der Waals surface area contributed by atoms with Gasteiger partial charge in [-0.15, -0.1) is 0 Å². The molecule has 1 saturated carbocycles. The third kappa shape index (κ3) is 4.30. The maximum atomic E-state index is 11.4. The van der Waals surface area contributed by atoms with Crippen LogP contribution < -0.4 is 5.32 Å². The van der Waals surface area contributed by atoms with E-state index in [0.717, 1.165) is 25.2 Å². The standard InChI is InChI=1S/C14H27NO2/c1-10(2)6-5-7-11(3)15-14(4,13(16)17)12-8-9-12/h10-12,15H,5-9H2,1-4H3,(H,16,17). The van der Waals surface area contributed by atoms with Gasteiger partial charge in [-0.3, -0.25) is 10.1 Å². The molecular formula is C14H27NO2. The molecular weight excluding hydrogens is 214 g/mol. The lowest BCUT2D eigenvalue weighted by Crippen LogP contribution is -2.54. The zero-order valence-corrected chi connectivity index (χ0v) is 11.6. The summed E-state index contributed by atoms with van der Waals surface area (Å²) in [4.78, 5) is 11.4. The fraction of sp³-hybridized carbons (Fsp3) is 0.929. The van der Waals surface area contributed by atoms with E-state index >= 15 is 0 Å². The second-order valence-corrected chi connectivity index (χ2v) is 6.15. The molecule has 0 aromatic heterocycles. The van der Waals surface area contributed by atoms with Gasteiger partial charge in [0.15, 0.2) is 0 Å². The van der Waals surface area contributed by atoms with Crippen molar-refractivity contribution in [3.8, 4) is 0 Å². The highest BCUT2D eigenvalue weighted by molar-refractivity contribution is 5.79. The Kier molecular flexibility index (Phi) is 4.99. The largest absolute Gasteiger partial charge is 0.480 e. The van der Waals surface area contributed by atoms with Gasteiger partial charge in [-0.05, 0) is 44.9 Å². The molecule has 0 aromatic carbocycles. The first-order valence-corrected chi connectivity index (χ1v) is 6.87. The lowest BCUT2D eigenvalue weighted by Gasteiger charge is -2.30. The molecule has 2 atom stereocenters. The number of hydrogen-bond acceptors (Lipinski definition) is 2. The third-order valence-corrected chi connectivity index (χ3v) is 3.80. The lowest BCUT2D eigenvalue weighted by atomic mass is 9.93. The van der Waals surface area contributed by atoms with Crippen molar-refractivity contribution in [1.29, 1.82) is 0 Å². The Bertz CT molecular complexity index is 261. The summed E-state index contributed by atoms with van der Waals surface area (Å²) in [6, 6.07) is 0.287. The van der Waals surface area contributed by atoms with E-state index < -0.39 is 11.5 Å². The molecule has 1 fully saturated rings. The summed E-state index contributed by atoms with van der Waals surface area (Å²) in [5, 5.41) is 12.7. The van der Waals surface area contributed by atoms with Gasteiger partial charge in [0.25, 0.3) is 0 Å². The van der Waals surface area contributed by atoms with Crippen molar-refractivity contribution in [3.05, 3.63) is 0 Å². The summed E-state index contributed by atoms with van der Waals surface area (Å²) < 4.78 is 0. The molecule has 0 aromatic rings. The van der Waals surface area contributed by atoms with Gasteiger partial charge in [0.2, 0.25) is 0 Å². The summed E-state index contributed by atoms with van der Waals surface area (Å²) >= 11 is 0. The molecule has 17 heavy (non-hydrogen) atoms. The fourth-order valence-electron chi connectivity index (χ4n) is 2.43. The van der Waals surface area contributed by atoms with Crippen LogP contribution in [0.4, 0.5) is 0 Å². The van der Waals surface area contributed by atoms with Crippen LogP contribution in [0.25, 0.3) is 0 Å². The van der Waals surface area contributed by atoms with Crippen LogP contribution in [-0.2, 0) is 4.79 Å². The predicted octanol–water partition coefficient (Wildman–Crippen LogP) is 3.04. The number of hydrogen-bond donors (Lipinski definition) is 2. The molecule has 0 bridgehead atoms. The molecule has 0 spiro atoms. The van der Waals surface area contributed by atoms with E-state index in [2.05, 4.69) is 26.1 Å². The Morgan fingerprint density at radius 1 is 1.35 bits per heavy atom. The Morgan fingerprint density at radius 2 is 1.94 bits per heavy atom. The van der Waals surface area contributed by atoms with E-state index in [9.17, 15) is 9.90 Å². The predicted molar refractivity (Wildman–Crippen MR) is 70.1 cm³/mol. The maximum Gasteiger partial charge on any atom is 0.323 e. The van der Waals surface area contributed by atoms with Crippen molar-refractivity contribution in [3.63, 3.8) is 0 Å². The van der Waals surface area contributed by atoms with Crippen LogP contribution >= 0.6 is 0 Å². The molecule has 0 saturated heterocycles. The quantitative estimate of drug-likeness (QED) is 0.686. The van der Waals surface area contributed by atoms with Gasteiger partial charge in [0.05, 0.1) is 0 Å². The number of rotatable bonds is 8. The topological polar surface area (TPSA) is 49.3 Å². The highest BCUT2D eigenvalue weighted by Crippen LogP contribution is 2.40. The molecule has 1 aliphatic carbocycles. The average molecular weight is 241 g/mol. The van der Waals surface area contributed by atoms with Crippen LogP contribution in [-0.4, -0.2) is 22.7 Å². The smallest absolute Gasteiger partial charge is 0.323 e. The van der Waals surface area contributed by atoms with E-state index in [-0.39, 0.29) is 6.04 Å². The van der Waals surface area contributed by atoms with Gasteiger partial charge in [0, 0.05) is 6.04 Å². The molecule has 2 unspecified atom stereocenters. The zero-order valence-electron chi connectivity index (χ0n) is 11.6. The monoisotopic (exact) mass is 241 g/mol. The number of carboxylic acids is 1. The van der Waals surface area contributed by atoms with E-state index in [0.29, 0.717) is 5.92 Å². The van der Waals surface area contributed by atoms with Crippen molar-refractivity contribution < 1.29 is 9.90 Å². The Morgan fingerprint density at radius 3 is 2.35 bits per heavy atom. The van der Waals surface area contributed by atoms with E-state index in [1.807, 2.05) is 6.92 Å². The van der Waals surface area contributed by atoms with Crippen molar-refractivity contribution in [2.75, 3.05) is 0 Å². The second-order valence-electron chi connectivity index (χ2n) is 6.15. The number of aliphatic carboxylic acids is 1. The number of nitrogens with one attached hydrogen (secondary N) is 1. The Balaban J connectivity index is 2.37. The number of carbonyl (C=O) groups is 1. The molecule has 0 amide bonds. The minimum Gasteiger partial charge on any atom is -0.480 e. The molecule has 0 aliphatic heterocycles. The maximum absolute atomic E-state index is 11.4. The Hall–Kier alpha value is -0.570. The van der Waals surface area contributed by atoms with Gasteiger partial charge in [-0.2, -0.15) is 0 Å². The van der Waals surface area contributed by atoms with E-state index in [1.165, 1.54) is 12.8 Å². The SMILES string of the molecule is CC(C)CCCC(C)NC(C)(C(=O)O)C1CC1. The van der Waals surface area contributed by atoms with Crippen LogP contribution in [0.15, 0.2) is 0 Å². The first kappa shape index (κ1) is 14.5. The second kappa shape index (κ2) is 5.85. The van der Waals surface area contributed by atoms with Crippen LogP contribution in [0, 0.1) is 11.8 Å². The van der Waals surface area contributed by atoms with Gasteiger partial charge in [-0.1, -0.05) is 26.7 Å². The van der Waals surface area contributed by atoms with Crippen LogP contribution in [0.2, 0.25) is 0 Å². The molecule has 3 nitrogen and oxygen atoms in total. The summed E-state index contributed by atoms with van der Waals surface area (Å²) in [7, 11) is 0. The molecule has 0 heterocycles. The van der Waals surface area contributed by atoms with Gasteiger partial charge in [-0.25, -0.2) is 0 Å². The van der Waals surface area contributed by atoms with Crippen molar-refractivity contribution in [2.45, 2.75) is 71.4 Å². The van der Waals surface area contributed by atoms with Gasteiger partial charge < -0.3 is 5.11 Å². The van der Waals surface area contributed by atoms with Gasteiger partial charge >= 0.3 is 5.97 Å². The summed E-state index contributed by atoms with van der Waals surface area (Å²) in [5.41, 5.74) is -0.711. The minimum absolute atomic E-state index is 0.287. The lowest BCUT2D eigenvalue weighted by molar-refractivity contribution is -0.145. The van der Waals surface area contributed by atoms with E-state index in [4.69, 9.17) is 0 Å². The summed E-state index contributed by atoms with van der Waals surface area (Å²) in [6.45, 7) is 8.39. The average Bonchev–Trinajstić information content (AvgIpc) is 2.99. The van der Waals surface area contributed by atoms with Crippen molar-refractivity contribution in [1.82, 2.24) is 5.32 Å². The van der Waals surface area contributed by atoms with Crippen molar-refractivity contribution >= 4 is 5.97 Å². The van der Waals surface area contributed by atoms with E-state index in [1.54, 1.807) is 0 Å². The zero-order chi connectivity index (χ0) is 13.1. The minimum atomic E-state index is -0.711. The molecule has 3 heteroatoms. The first-order chi connectivity index (χ1) is 7.86. The van der Waals surface area contributed by atoms with Gasteiger partial charge in [0.1, 0.15) is 5.54 Å². The van der Waals surface area contributed by atoms with Crippen LogP contribution in [0.1, 0.15) is 59.8 Å².